The highest BCUT2D eigenvalue weighted by Gasteiger charge is 2.20. The summed E-state index contributed by atoms with van der Waals surface area (Å²) >= 11 is 0. The molecule has 464 valence electrons. The molecule has 0 fully saturated rings. The summed E-state index contributed by atoms with van der Waals surface area (Å²) < 4.78 is 5.51. The van der Waals surface area contributed by atoms with Gasteiger partial charge >= 0.3 is 5.97 Å². The van der Waals surface area contributed by atoms with Gasteiger partial charge in [0, 0.05) is 12.8 Å². The van der Waals surface area contributed by atoms with Gasteiger partial charge in [0.25, 0.3) is 0 Å². The maximum absolute atomic E-state index is 12.5. The van der Waals surface area contributed by atoms with Crippen molar-refractivity contribution in [3.8, 4) is 0 Å². The van der Waals surface area contributed by atoms with Crippen LogP contribution in [0.15, 0.2) is 12.2 Å². The second-order valence-corrected chi connectivity index (χ2v) is 24.9. The van der Waals surface area contributed by atoms with Crippen LogP contribution >= 0.6 is 0 Å². The minimum atomic E-state index is -0.666. The summed E-state index contributed by atoms with van der Waals surface area (Å²) in [5, 5.41) is 23.4. The molecule has 6 nitrogen and oxygen atoms in total. The van der Waals surface area contributed by atoms with Gasteiger partial charge in [0.05, 0.1) is 25.4 Å². The Morgan fingerprint density at radius 2 is 0.603 bits per heavy atom. The van der Waals surface area contributed by atoms with Gasteiger partial charge in [0.15, 0.2) is 0 Å². The third kappa shape index (κ3) is 63.8. The first-order valence-corrected chi connectivity index (χ1v) is 35.9. The van der Waals surface area contributed by atoms with E-state index in [0.29, 0.717) is 25.9 Å². The van der Waals surface area contributed by atoms with Crippen LogP contribution in [0.1, 0.15) is 412 Å². The zero-order valence-corrected chi connectivity index (χ0v) is 53.2. The number of carbonyl (C=O) groups is 2. The molecular weight excluding hydrogens is 959 g/mol. The van der Waals surface area contributed by atoms with Crippen molar-refractivity contribution in [2.24, 2.45) is 0 Å². The smallest absolute Gasteiger partial charge is 0.305 e. The zero-order chi connectivity index (χ0) is 56.4. The van der Waals surface area contributed by atoms with Gasteiger partial charge in [0.2, 0.25) is 5.91 Å². The number of ether oxygens (including phenoxy) is 1. The van der Waals surface area contributed by atoms with E-state index in [4.69, 9.17) is 4.74 Å². The Balaban J connectivity index is 3.37. The number of unbranched alkanes of at least 4 members (excludes halogenated alkanes) is 55. The van der Waals surface area contributed by atoms with Crippen LogP contribution in [-0.4, -0.2) is 47.4 Å². The second kappa shape index (κ2) is 68.1. The highest BCUT2D eigenvalue weighted by atomic mass is 16.5. The van der Waals surface area contributed by atoms with Crippen LogP contribution in [0.2, 0.25) is 0 Å². The highest BCUT2D eigenvalue weighted by Crippen LogP contribution is 2.19. The number of nitrogens with one attached hydrogen (secondary N) is 1. The molecular formula is C72H141NO5. The van der Waals surface area contributed by atoms with Gasteiger partial charge in [-0.15, -0.1) is 0 Å². The Morgan fingerprint density at radius 3 is 0.910 bits per heavy atom. The van der Waals surface area contributed by atoms with Crippen LogP contribution in [0.5, 0.6) is 0 Å². The van der Waals surface area contributed by atoms with Crippen molar-refractivity contribution >= 4 is 11.9 Å². The van der Waals surface area contributed by atoms with E-state index < -0.39 is 12.1 Å². The largest absolute Gasteiger partial charge is 0.466 e. The van der Waals surface area contributed by atoms with E-state index in [1.807, 2.05) is 0 Å². The normalized spacial score (nSPS) is 12.5. The maximum atomic E-state index is 12.5. The molecule has 0 heterocycles. The Hall–Kier alpha value is -1.40. The van der Waals surface area contributed by atoms with E-state index in [1.165, 1.54) is 340 Å². The standard InChI is InChI=1S/C72H141NO5/c1-3-5-7-9-11-13-15-17-19-21-29-33-36-40-44-48-52-56-60-64-70(75)69(68-74)73-71(76)65-61-57-53-49-45-41-37-34-30-27-25-23-22-24-26-28-31-35-39-43-47-51-55-59-63-67-78-72(77)66-62-58-54-50-46-42-38-32-20-18-16-14-12-10-8-6-4-2/h23,25,69-70,74-75H,3-22,24,26-68H2,1-2H3,(H,73,76)/b25-23-. The molecule has 2 unspecified atom stereocenters. The molecule has 0 aliphatic heterocycles. The van der Waals surface area contributed by atoms with Crippen LogP contribution in [-0.2, 0) is 14.3 Å². The molecule has 3 N–H and O–H groups in total. The SMILES string of the molecule is CCCCCCCCCCCCCCCCCCCCCC(O)C(CO)NC(=O)CCCCCCCCCCC/C=C\CCCCCCCCCCCCCCOC(=O)CCCCCCCCCCCCCCCCCCC. The van der Waals surface area contributed by atoms with E-state index in [0.717, 1.165) is 38.5 Å². The molecule has 0 aromatic carbocycles. The lowest BCUT2D eigenvalue weighted by molar-refractivity contribution is -0.143. The third-order valence-electron chi connectivity index (χ3n) is 17.1. The molecule has 1 amide bonds. The molecule has 78 heavy (non-hydrogen) atoms. The van der Waals surface area contributed by atoms with Crippen LogP contribution < -0.4 is 5.32 Å². The number of amides is 1. The van der Waals surface area contributed by atoms with Gasteiger partial charge in [0.1, 0.15) is 0 Å². The van der Waals surface area contributed by atoms with Gasteiger partial charge in [-0.25, -0.2) is 0 Å². The fourth-order valence-corrected chi connectivity index (χ4v) is 11.6. The molecule has 6 heteroatoms. The van der Waals surface area contributed by atoms with Gasteiger partial charge in [-0.2, -0.15) is 0 Å². The van der Waals surface area contributed by atoms with E-state index >= 15 is 0 Å². The number of allylic oxidation sites excluding steroid dienone is 2. The minimum absolute atomic E-state index is 0.0186. The molecule has 0 rings (SSSR count). The van der Waals surface area contributed by atoms with Crippen LogP contribution in [0.25, 0.3) is 0 Å². The Kier molecular flexibility index (Phi) is 66.9. The summed E-state index contributed by atoms with van der Waals surface area (Å²) in [6.07, 6.45) is 84.0. The van der Waals surface area contributed by atoms with Crippen LogP contribution in [0, 0.1) is 0 Å². The molecule has 0 aliphatic carbocycles. The van der Waals surface area contributed by atoms with E-state index in [9.17, 15) is 19.8 Å². The summed E-state index contributed by atoms with van der Waals surface area (Å²) in [6.45, 7) is 5.00. The number of esters is 1. The second-order valence-electron chi connectivity index (χ2n) is 24.9. The minimum Gasteiger partial charge on any atom is -0.466 e. The van der Waals surface area contributed by atoms with Crippen LogP contribution in [0.3, 0.4) is 0 Å². The van der Waals surface area contributed by atoms with E-state index in [1.54, 1.807) is 0 Å². The van der Waals surface area contributed by atoms with Gasteiger partial charge in [-0.05, 0) is 51.4 Å². The molecule has 0 saturated carbocycles. The van der Waals surface area contributed by atoms with Crippen molar-refractivity contribution in [2.45, 2.75) is 424 Å². The number of aliphatic hydroxyl groups excluding tert-OH is 2. The summed E-state index contributed by atoms with van der Waals surface area (Å²) in [4.78, 5) is 24.6. The Morgan fingerprint density at radius 1 is 0.346 bits per heavy atom. The average molecular weight is 1100 g/mol. The van der Waals surface area contributed by atoms with Gasteiger partial charge in [-0.1, -0.05) is 360 Å². The predicted octanol–water partition coefficient (Wildman–Crippen LogP) is 23.1. The molecule has 2 atom stereocenters. The molecule has 0 spiro atoms. The fourth-order valence-electron chi connectivity index (χ4n) is 11.6. The molecule has 0 aliphatic rings. The maximum Gasteiger partial charge on any atom is 0.305 e. The van der Waals surface area contributed by atoms with Gasteiger partial charge < -0.3 is 20.3 Å². The van der Waals surface area contributed by atoms with Crippen molar-refractivity contribution in [2.75, 3.05) is 13.2 Å². The molecule has 0 aromatic heterocycles. The van der Waals surface area contributed by atoms with E-state index in [-0.39, 0.29) is 18.5 Å². The first-order chi connectivity index (χ1) is 38.5. The van der Waals surface area contributed by atoms with Crippen molar-refractivity contribution in [3.63, 3.8) is 0 Å². The van der Waals surface area contributed by atoms with Crippen molar-refractivity contribution < 1.29 is 24.5 Å². The molecule has 0 saturated heterocycles. The zero-order valence-electron chi connectivity index (χ0n) is 53.2. The van der Waals surface area contributed by atoms with Crippen molar-refractivity contribution in [1.29, 1.82) is 0 Å². The lowest BCUT2D eigenvalue weighted by Crippen LogP contribution is -2.45. The monoisotopic (exact) mass is 1100 g/mol. The third-order valence-corrected chi connectivity index (χ3v) is 17.1. The average Bonchev–Trinajstić information content (AvgIpc) is 3.44. The topological polar surface area (TPSA) is 95.9 Å². The molecule has 0 bridgehead atoms. The first-order valence-electron chi connectivity index (χ1n) is 35.9. The number of hydrogen-bond acceptors (Lipinski definition) is 5. The van der Waals surface area contributed by atoms with Crippen molar-refractivity contribution in [3.05, 3.63) is 12.2 Å². The number of hydrogen-bond donors (Lipinski definition) is 3. The molecule has 0 radical (unpaired) electrons. The summed E-state index contributed by atoms with van der Waals surface area (Å²) in [5.74, 6) is -0.0149. The van der Waals surface area contributed by atoms with Gasteiger partial charge in [-0.3, -0.25) is 9.59 Å². The first kappa shape index (κ1) is 76.6. The lowest BCUT2D eigenvalue weighted by Gasteiger charge is -2.22. The number of aliphatic hydroxyl groups is 2. The lowest BCUT2D eigenvalue weighted by atomic mass is 10.0. The van der Waals surface area contributed by atoms with E-state index in [2.05, 4.69) is 31.3 Å². The number of rotatable bonds is 68. The van der Waals surface area contributed by atoms with Crippen molar-refractivity contribution in [1.82, 2.24) is 5.32 Å². The summed E-state index contributed by atoms with van der Waals surface area (Å²) in [5.41, 5.74) is 0. The Labute approximate surface area is 489 Å². The fraction of sp³-hybridized carbons (Fsp3) is 0.944. The summed E-state index contributed by atoms with van der Waals surface area (Å²) in [7, 11) is 0. The highest BCUT2D eigenvalue weighted by molar-refractivity contribution is 5.76. The Bertz CT molecular complexity index is 1180. The summed E-state index contributed by atoms with van der Waals surface area (Å²) in [6, 6.07) is -0.544. The molecule has 0 aromatic rings. The predicted molar refractivity (Wildman–Crippen MR) is 343 cm³/mol. The quantitative estimate of drug-likeness (QED) is 0.0320. The number of carbonyl (C=O) groups excluding carboxylic acids is 2. The van der Waals surface area contributed by atoms with Crippen LogP contribution in [0.4, 0.5) is 0 Å².